The van der Waals surface area contributed by atoms with Crippen LogP contribution >= 0.6 is 0 Å². The predicted molar refractivity (Wildman–Crippen MR) is 218 cm³/mol. The number of ether oxygens (including phenoxy) is 2. The van der Waals surface area contributed by atoms with Gasteiger partial charge in [-0.15, -0.1) is 0 Å². The molecule has 2 amide bonds. The van der Waals surface area contributed by atoms with Crippen LogP contribution in [0, 0.1) is 0 Å². The van der Waals surface area contributed by atoms with Gasteiger partial charge in [0.05, 0.1) is 17.7 Å². The molecule has 0 fully saturated rings. The topological polar surface area (TPSA) is 55.8 Å². The number of carbonyl (C=O) groups excluding carboxylic acids is 2. The summed E-state index contributed by atoms with van der Waals surface area (Å²) in [6.07, 6.45) is 21.7. The Morgan fingerprint density at radius 2 is 0.925 bits per heavy atom. The molecule has 5 heteroatoms. The van der Waals surface area contributed by atoms with Crippen LogP contribution in [0.15, 0.2) is 103 Å². The van der Waals surface area contributed by atoms with Crippen molar-refractivity contribution in [1.82, 2.24) is 0 Å². The lowest BCUT2D eigenvalue weighted by atomic mass is 9.78. The molecule has 53 heavy (non-hydrogen) atoms. The molecule has 0 radical (unpaired) electrons. The summed E-state index contributed by atoms with van der Waals surface area (Å²) in [6, 6.07) is 33.1. The maximum absolute atomic E-state index is 14.2. The Balaban J connectivity index is 1.29. The van der Waals surface area contributed by atoms with Gasteiger partial charge in [-0.05, 0) is 42.2 Å². The average molecular weight is 716 g/mol. The molecule has 0 N–H and O–H groups in total. The van der Waals surface area contributed by atoms with Crippen molar-refractivity contribution in [1.29, 1.82) is 0 Å². The number of fused-ring (bicyclic) bond motifs is 1. The third-order valence-corrected chi connectivity index (χ3v) is 10.5. The maximum Gasteiger partial charge on any atom is 0.266 e. The van der Waals surface area contributed by atoms with Crippen molar-refractivity contribution in [2.75, 3.05) is 18.1 Å². The third-order valence-electron chi connectivity index (χ3n) is 10.5. The van der Waals surface area contributed by atoms with E-state index in [0.29, 0.717) is 41.3 Å². The summed E-state index contributed by atoms with van der Waals surface area (Å²) in [5.74, 6) is -0.194. The largest absolute Gasteiger partial charge is 0.491 e. The molecule has 0 atom stereocenters. The highest BCUT2D eigenvalue weighted by atomic mass is 16.5. The van der Waals surface area contributed by atoms with Crippen molar-refractivity contribution in [2.24, 2.45) is 0 Å². The number of hydrogen-bond donors (Lipinski definition) is 0. The number of nitrogens with zero attached hydrogens (tertiary/aromatic N) is 1. The van der Waals surface area contributed by atoms with E-state index < -0.39 is 5.60 Å². The van der Waals surface area contributed by atoms with Gasteiger partial charge in [0, 0.05) is 12.2 Å². The molecule has 4 aromatic rings. The number of unbranched alkanes of at least 4 members (excludes halogenated alkanes) is 15. The van der Waals surface area contributed by atoms with E-state index in [1.807, 2.05) is 54.6 Å². The summed E-state index contributed by atoms with van der Waals surface area (Å²) < 4.78 is 13.5. The highest BCUT2D eigenvalue weighted by Gasteiger charge is 2.46. The highest BCUT2D eigenvalue weighted by Crippen LogP contribution is 2.49. The van der Waals surface area contributed by atoms with E-state index in [-0.39, 0.29) is 11.8 Å². The van der Waals surface area contributed by atoms with Gasteiger partial charge in [0.15, 0.2) is 0 Å². The lowest BCUT2D eigenvalue weighted by Gasteiger charge is -2.38. The first-order valence-electron chi connectivity index (χ1n) is 20.6. The Morgan fingerprint density at radius 3 is 1.40 bits per heavy atom. The number of rotatable bonds is 25. The number of anilines is 1. The minimum Gasteiger partial charge on any atom is -0.491 e. The van der Waals surface area contributed by atoms with E-state index in [4.69, 9.17) is 9.47 Å². The van der Waals surface area contributed by atoms with Crippen LogP contribution in [0.3, 0.4) is 0 Å². The maximum atomic E-state index is 14.2. The van der Waals surface area contributed by atoms with Gasteiger partial charge >= 0.3 is 0 Å². The minimum atomic E-state index is -1.11. The zero-order valence-corrected chi connectivity index (χ0v) is 32.3. The van der Waals surface area contributed by atoms with Gasteiger partial charge in [0.25, 0.3) is 11.8 Å². The molecule has 0 aliphatic carbocycles. The molecule has 0 bridgehead atoms. The molecular weight excluding hydrogens is 655 g/mol. The van der Waals surface area contributed by atoms with Crippen LogP contribution in [0.25, 0.3) is 0 Å². The van der Waals surface area contributed by atoms with Crippen molar-refractivity contribution < 1.29 is 19.1 Å². The lowest BCUT2D eigenvalue weighted by Crippen LogP contribution is -2.38. The van der Waals surface area contributed by atoms with Crippen LogP contribution < -0.4 is 9.64 Å². The molecule has 1 aliphatic rings. The fourth-order valence-corrected chi connectivity index (χ4v) is 7.70. The van der Waals surface area contributed by atoms with Crippen molar-refractivity contribution in [2.45, 2.75) is 129 Å². The smallest absolute Gasteiger partial charge is 0.266 e. The van der Waals surface area contributed by atoms with E-state index in [1.165, 1.54) is 94.8 Å². The first-order valence-corrected chi connectivity index (χ1v) is 20.6. The summed E-state index contributed by atoms with van der Waals surface area (Å²) >= 11 is 0. The summed E-state index contributed by atoms with van der Waals surface area (Å²) in [4.78, 5) is 29.7. The van der Waals surface area contributed by atoms with Crippen molar-refractivity contribution >= 4 is 17.5 Å². The fourth-order valence-electron chi connectivity index (χ4n) is 7.70. The zero-order chi connectivity index (χ0) is 37.1. The molecule has 0 unspecified atom stereocenters. The lowest BCUT2D eigenvalue weighted by molar-refractivity contribution is 0.0135. The molecule has 1 heterocycles. The summed E-state index contributed by atoms with van der Waals surface area (Å²) in [7, 11) is 0. The molecule has 0 saturated heterocycles. The van der Waals surface area contributed by atoms with Crippen LogP contribution in [-0.4, -0.2) is 25.0 Å². The van der Waals surface area contributed by atoms with Crippen LogP contribution in [0.4, 0.5) is 5.69 Å². The molecule has 1 aliphatic heterocycles. The van der Waals surface area contributed by atoms with Gasteiger partial charge in [0.1, 0.15) is 17.0 Å². The fraction of sp³-hybridized carbons (Fsp3) is 0.458. The van der Waals surface area contributed by atoms with Crippen LogP contribution in [0.2, 0.25) is 0 Å². The highest BCUT2D eigenvalue weighted by molar-refractivity contribution is 6.35. The van der Waals surface area contributed by atoms with E-state index >= 15 is 0 Å². The van der Waals surface area contributed by atoms with Crippen molar-refractivity contribution in [3.63, 3.8) is 0 Å². The average Bonchev–Trinajstić information content (AvgIpc) is 3.45. The van der Waals surface area contributed by atoms with Gasteiger partial charge in [-0.1, -0.05) is 195 Å². The molecule has 0 spiro atoms. The second-order valence-electron chi connectivity index (χ2n) is 14.6. The molecule has 0 saturated carbocycles. The molecule has 282 valence electrons. The van der Waals surface area contributed by atoms with Crippen molar-refractivity contribution in [3.05, 3.63) is 131 Å². The Bertz CT molecular complexity index is 1610. The summed E-state index contributed by atoms with van der Waals surface area (Å²) in [6.45, 7) is 5.33. The standard InChI is InChI=1S/C48H61NO4/c1-3-5-6-7-8-9-10-11-12-13-14-15-16-17-18-27-38-52-44-36-28-35-43(45(44)49-46(50)41-33-25-26-34-42(41)47(49)51)48(53-37-4-2,39-29-21-19-22-30-39)40-31-23-20-24-32-40/h19-26,28-36H,3-18,27,37-38H2,1-2H3. The summed E-state index contributed by atoms with van der Waals surface area (Å²) in [5, 5.41) is 0. The van der Waals surface area contributed by atoms with E-state index in [1.54, 1.807) is 24.3 Å². The van der Waals surface area contributed by atoms with Gasteiger partial charge in [0.2, 0.25) is 0 Å². The van der Waals surface area contributed by atoms with Crippen LogP contribution in [0.1, 0.15) is 160 Å². The van der Waals surface area contributed by atoms with Gasteiger partial charge in [-0.3, -0.25) is 9.59 Å². The molecule has 5 nitrogen and oxygen atoms in total. The van der Waals surface area contributed by atoms with Crippen molar-refractivity contribution in [3.8, 4) is 5.75 Å². The zero-order valence-electron chi connectivity index (χ0n) is 32.3. The van der Waals surface area contributed by atoms with Gasteiger partial charge in [-0.25, -0.2) is 4.90 Å². The van der Waals surface area contributed by atoms with Crippen LogP contribution in [-0.2, 0) is 10.3 Å². The number of amides is 2. The Kier molecular flexibility index (Phi) is 16.2. The quantitative estimate of drug-likeness (QED) is 0.0389. The third kappa shape index (κ3) is 10.3. The number of para-hydroxylation sites is 1. The summed E-state index contributed by atoms with van der Waals surface area (Å²) in [5.41, 5.74) is 2.64. The van der Waals surface area contributed by atoms with E-state index in [0.717, 1.165) is 30.4 Å². The van der Waals surface area contributed by atoms with Gasteiger partial charge < -0.3 is 9.47 Å². The molecule has 5 rings (SSSR count). The van der Waals surface area contributed by atoms with Gasteiger partial charge in [-0.2, -0.15) is 0 Å². The molecular formula is C48H61NO4. The Hall–Kier alpha value is -4.22. The van der Waals surface area contributed by atoms with E-state index in [9.17, 15) is 9.59 Å². The normalized spacial score (nSPS) is 12.8. The predicted octanol–water partition coefficient (Wildman–Crippen LogP) is 12.8. The number of imide groups is 1. The first-order chi connectivity index (χ1) is 26.1. The first kappa shape index (κ1) is 40.0. The second-order valence-corrected chi connectivity index (χ2v) is 14.6. The van der Waals surface area contributed by atoms with E-state index in [2.05, 4.69) is 38.1 Å². The number of carbonyl (C=O) groups is 2. The number of hydrogen-bond acceptors (Lipinski definition) is 4. The molecule has 4 aromatic carbocycles. The number of benzene rings is 4. The Morgan fingerprint density at radius 1 is 0.472 bits per heavy atom. The monoisotopic (exact) mass is 715 g/mol. The van der Waals surface area contributed by atoms with Crippen LogP contribution in [0.5, 0.6) is 5.75 Å². The minimum absolute atomic E-state index is 0.351. The second kappa shape index (κ2) is 21.5. The Labute approximate surface area is 319 Å². The SMILES string of the molecule is CCCCCCCCCCCCCCCCCCOc1cccc(C(OCCC)(c2ccccc2)c2ccccc2)c1N1C(=O)c2ccccc2C1=O. The molecule has 0 aromatic heterocycles.